The Hall–Kier alpha value is -2.78. The van der Waals surface area contributed by atoms with Gasteiger partial charge >= 0.3 is 0 Å². The average Bonchev–Trinajstić information content (AvgIpc) is 2.99. The molecule has 0 spiro atoms. The van der Waals surface area contributed by atoms with Gasteiger partial charge in [0.1, 0.15) is 6.04 Å². The molecule has 3 aromatic rings. The van der Waals surface area contributed by atoms with E-state index in [1.54, 1.807) is 47.4 Å². The zero-order chi connectivity index (χ0) is 31.7. The summed E-state index contributed by atoms with van der Waals surface area (Å²) < 4.78 is 26.5. The third kappa shape index (κ3) is 9.61. The summed E-state index contributed by atoms with van der Waals surface area (Å²) in [6.07, 6.45) is 6.71. The Bertz CT molecular complexity index is 1490. The standard InChI is InChI=1S/C33H38Cl3N3O4S/c1-44(42,43)39(27-19-17-25(34)18-20-27)21-9-16-32(40)38(23-28-29(35)14-8-15-30(28)36)31(22-24-10-4-2-5-11-24)33(41)37-26-12-6-3-7-13-26/h2,4-5,8,10-11,14-15,17-20,26,31H,3,6-7,9,12-13,16,21-23H2,1H3,(H,37,41). The van der Waals surface area contributed by atoms with E-state index in [0.717, 1.165) is 43.9 Å². The predicted molar refractivity (Wildman–Crippen MR) is 179 cm³/mol. The highest BCUT2D eigenvalue weighted by atomic mass is 35.5. The first kappa shape index (κ1) is 34.1. The van der Waals surface area contributed by atoms with Gasteiger partial charge in [-0.15, -0.1) is 0 Å². The van der Waals surface area contributed by atoms with Crippen LogP contribution in [0.25, 0.3) is 0 Å². The molecular weight excluding hydrogens is 641 g/mol. The molecule has 1 aliphatic rings. The number of nitrogens with zero attached hydrogens (tertiary/aromatic N) is 2. The molecule has 0 aliphatic heterocycles. The number of amides is 2. The number of carbonyl (C=O) groups excluding carboxylic acids is 2. The van der Waals surface area contributed by atoms with E-state index in [4.69, 9.17) is 34.8 Å². The zero-order valence-electron chi connectivity index (χ0n) is 24.7. The van der Waals surface area contributed by atoms with Crippen molar-refractivity contribution in [1.29, 1.82) is 0 Å². The fourth-order valence-electron chi connectivity index (χ4n) is 5.56. The number of benzene rings is 3. The number of anilines is 1. The first-order valence-electron chi connectivity index (χ1n) is 14.8. The third-order valence-electron chi connectivity index (χ3n) is 7.88. The Labute approximate surface area is 275 Å². The van der Waals surface area contributed by atoms with Crippen molar-refractivity contribution in [2.75, 3.05) is 17.1 Å². The van der Waals surface area contributed by atoms with Crippen LogP contribution in [0.15, 0.2) is 72.8 Å². The van der Waals surface area contributed by atoms with E-state index in [1.165, 1.54) is 4.31 Å². The molecule has 1 atom stereocenters. The molecule has 236 valence electrons. The van der Waals surface area contributed by atoms with Gasteiger partial charge in [0.05, 0.1) is 11.9 Å². The van der Waals surface area contributed by atoms with Crippen molar-refractivity contribution >= 4 is 62.3 Å². The van der Waals surface area contributed by atoms with E-state index in [9.17, 15) is 18.0 Å². The number of rotatable bonds is 13. The Morgan fingerprint density at radius 2 is 1.52 bits per heavy atom. The molecule has 11 heteroatoms. The molecule has 4 rings (SSSR count). The van der Waals surface area contributed by atoms with Gasteiger partial charge in [0.2, 0.25) is 21.8 Å². The molecule has 2 amide bonds. The van der Waals surface area contributed by atoms with Gasteiger partial charge in [-0.05, 0) is 61.2 Å². The van der Waals surface area contributed by atoms with E-state index < -0.39 is 16.1 Å². The lowest BCUT2D eigenvalue weighted by Gasteiger charge is -2.34. The minimum absolute atomic E-state index is 0.00365. The maximum Gasteiger partial charge on any atom is 0.243 e. The van der Waals surface area contributed by atoms with Crippen LogP contribution in [0, 0.1) is 0 Å². The largest absolute Gasteiger partial charge is 0.352 e. The summed E-state index contributed by atoms with van der Waals surface area (Å²) in [5.74, 6) is -0.526. The van der Waals surface area contributed by atoms with Crippen LogP contribution >= 0.6 is 34.8 Å². The lowest BCUT2D eigenvalue weighted by Crippen LogP contribution is -2.53. The average molecular weight is 679 g/mol. The summed E-state index contributed by atoms with van der Waals surface area (Å²) >= 11 is 19.1. The highest BCUT2D eigenvalue weighted by Gasteiger charge is 2.33. The van der Waals surface area contributed by atoms with Gasteiger partial charge < -0.3 is 10.2 Å². The molecule has 0 saturated heterocycles. The van der Waals surface area contributed by atoms with Crippen molar-refractivity contribution in [2.24, 2.45) is 0 Å². The highest BCUT2D eigenvalue weighted by Crippen LogP contribution is 2.28. The lowest BCUT2D eigenvalue weighted by molar-refractivity contribution is -0.141. The van der Waals surface area contributed by atoms with E-state index in [-0.39, 0.29) is 43.8 Å². The molecule has 0 radical (unpaired) electrons. The predicted octanol–water partition coefficient (Wildman–Crippen LogP) is 7.28. The summed E-state index contributed by atoms with van der Waals surface area (Å²) in [5.41, 5.74) is 1.91. The molecule has 7 nitrogen and oxygen atoms in total. The molecule has 3 aromatic carbocycles. The quantitative estimate of drug-likeness (QED) is 0.206. The topological polar surface area (TPSA) is 86.8 Å². The van der Waals surface area contributed by atoms with Crippen molar-refractivity contribution in [2.45, 2.75) is 70.0 Å². The monoisotopic (exact) mass is 677 g/mol. The van der Waals surface area contributed by atoms with Crippen molar-refractivity contribution in [1.82, 2.24) is 10.2 Å². The summed E-state index contributed by atoms with van der Waals surface area (Å²) in [7, 11) is -3.63. The summed E-state index contributed by atoms with van der Waals surface area (Å²) in [6, 6.07) is 20.4. The second-order valence-corrected chi connectivity index (χ2v) is 14.3. The lowest BCUT2D eigenvalue weighted by atomic mass is 9.94. The fourth-order valence-corrected chi connectivity index (χ4v) is 7.17. The van der Waals surface area contributed by atoms with Crippen LogP contribution in [0.4, 0.5) is 5.69 Å². The van der Waals surface area contributed by atoms with Gasteiger partial charge in [-0.25, -0.2) is 8.42 Å². The molecule has 1 fully saturated rings. The van der Waals surface area contributed by atoms with Gasteiger partial charge in [-0.1, -0.05) is 90.5 Å². The third-order valence-corrected chi connectivity index (χ3v) is 10.0. The summed E-state index contributed by atoms with van der Waals surface area (Å²) in [5, 5.41) is 4.49. The summed E-state index contributed by atoms with van der Waals surface area (Å²) in [6.45, 7) is 0.102. The molecule has 1 saturated carbocycles. The Morgan fingerprint density at radius 1 is 0.886 bits per heavy atom. The van der Waals surface area contributed by atoms with Gasteiger partial charge in [0.25, 0.3) is 0 Å². The smallest absolute Gasteiger partial charge is 0.243 e. The normalized spacial score (nSPS) is 14.5. The van der Waals surface area contributed by atoms with Crippen LogP contribution in [0.1, 0.15) is 56.1 Å². The fraction of sp³-hybridized carbons (Fsp3) is 0.394. The van der Waals surface area contributed by atoms with Crippen LogP contribution in [-0.4, -0.2) is 50.0 Å². The first-order chi connectivity index (χ1) is 21.0. The van der Waals surface area contributed by atoms with Crippen LogP contribution in [0.5, 0.6) is 0 Å². The van der Waals surface area contributed by atoms with Crippen LogP contribution in [-0.2, 0) is 32.6 Å². The molecule has 0 heterocycles. The molecule has 1 unspecified atom stereocenters. The van der Waals surface area contributed by atoms with Gasteiger partial charge in [0, 0.05) is 52.6 Å². The zero-order valence-corrected chi connectivity index (χ0v) is 27.8. The molecule has 0 aromatic heterocycles. The van der Waals surface area contributed by atoms with Crippen LogP contribution in [0.2, 0.25) is 15.1 Å². The number of carbonyl (C=O) groups is 2. The summed E-state index contributed by atoms with van der Waals surface area (Å²) in [4.78, 5) is 29.6. The minimum atomic E-state index is -3.63. The van der Waals surface area contributed by atoms with Crippen LogP contribution in [0.3, 0.4) is 0 Å². The van der Waals surface area contributed by atoms with Crippen molar-refractivity contribution in [3.8, 4) is 0 Å². The van der Waals surface area contributed by atoms with E-state index >= 15 is 0 Å². The molecule has 0 bridgehead atoms. The van der Waals surface area contributed by atoms with Gasteiger partial charge in [0.15, 0.2) is 0 Å². The molecule has 44 heavy (non-hydrogen) atoms. The maximum atomic E-state index is 14.1. The van der Waals surface area contributed by atoms with Crippen molar-refractivity contribution in [3.63, 3.8) is 0 Å². The minimum Gasteiger partial charge on any atom is -0.352 e. The number of hydrogen-bond donors (Lipinski definition) is 1. The second-order valence-electron chi connectivity index (χ2n) is 11.2. The molecule has 1 N–H and O–H groups in total. The number of sulfonamides is 1. The highest BCUT2D eigenvalue weighted by molar-refractivity contribution is 7.92. The van der Waals surface area contributed by atoms with Crippen LogP contribution < -0.4 is 9.62 Å². The van der Waals surface area contributed by atoms with Crippen molar-refractivity contribution in [3.05, 3.63) is 99.0 Å². The van der Waals surface area contributed by atoms with Gasteiger partial charge in [-0.3, -0.25) is 13.9 Å². The number of hydrogen-bond acceptors (Lipinski definition) is 4. The van der Waals surface area contributed by atoms with Crippen molar-refractivity contribution < 1.29 is 18.0 Å². The molecule has 1 aliphatic carbocycles. The Balaban J connectivity index is 1.62. The van der Waals surface area contributed by atoms with Gasteiger partial charge in [-0.2, -0.15) is 0 Å². The SMILES string of the molecule is CS(=O)(=O)N(CCCC(=O)N(Cc1c(Cl)cccc1Cl)C(Cc1ccccc1)C(=O)NC1CCCCC1)c1ccc(Cl)cc1. The van der Waals surface area contributed by atoms with E-state index in [1.807, 2.05) is 30.3 Å². The number of nitrogens with one attached hydrogen (secondary N) is 1. The van der Waals surface area contributed by atoms with E-state index in [0.29, 0.717) is 32.7 Å². The maximum absolute atomic E-state index is 14.1. The number of halogens is 3. The second kappa shape index (κ2) is 16.0. The first-order valence-corrected chi connectivity index (χ1v) is 17.8. The Morgan fingerprint density at radius 3 is 2.14 bits per heavy atom. The Kier molecular flexibility index (Phi) is 12.4. The molecular formula is C33H38Cl3N3O4S. The van der Waals surface area contributed by atoms with E-state index in [2.05, 4.69) is 5.32 Å².